The SMILES string of the molecule is CNCCc1c(C)c2c(c(Br)c1O)CCCC2. The quantitative estimate of drug-likeness (QED) is 0.898. The second-order valence-corrected chi connectivity index (χ2v) is 5.58. The molecule has 2 rings (SSSR count). The maximum Gasteiger partial charge on any atom is 0.133 e. The molecule has 0 heterocycles. The van der Waals surface area contributed by atoms with Crippen LogP contribution < -0.4 is 5.32 Å². The Balaban J connectivity index is 2.49. The summed E-state index contributed by atoms with van der Waals surface area (Å²) in [5.41, 5.74) is 5.20. The van der Waals surface area contributed by atoms with Crippen molar-refractivity contribution >= 4 is 15.9 Å². The Morgan fingerprint density at radius 1 is 1.24 bits per heavy atom. The van der Waals surface area contributed by atoms with E-state index < -0.39 is 0 Å². The van der Waals surface area contributed by atoms with Crippen molar-refractivity contribution in [2.45, 2.75) is 39.0 Å². The molecule has 0 bridgehead atoms. The largest absolute Gasteiger partial charge is 0.506 e. The number of aromatic hydroxyl groups is 1. The Morgan fingerprint density at radius 3 is 2.53 bits per heavy atom. The number of nitrogens with one attached hydrogen (secondary N) is 1. The number of hydrogen-bond donors (Lipinski definition) is 2. The minimum atomic E-state index is 0.457. The van der Waals surface area contributed by atoms with Gasteiger partial charge in [0.25, 0.3) is 0 Å². The molecular formula is C14H20BrNO. The van der Waals surface area contributed by atoms with Crippen molar-refractivity contribution in [3.63, 3.8) is 0 Å². The second kappa shape index (κ2) is 5.40. The van der Waals surface area contributed by atoms with Crippen LogP contribution in [0.4, 0.5) is 0 Å². The Bertz CT molecular complexity index is 429. The first-order valence-electron chi connectivity index (χ1n) is 6.33. The van der Waals surface area contributed by atoms with Gasteiger partial charge in [0, 0.05) is 0 Å². The molecule has 2 nitrogen and oxygen atoms in total. The number of halogens is 1. The first-order chi connectivity index (χ1) is 8.16. The predicted octanol–water partition coefficient (Wildman–Crippen LogP) is 3.10. The molecule has 1 aliphatic carbocycles. The lowest BCUT2D eigenvalue weighted by molar-refractivity contribution is 0.460. The van der Waals surface area contributed by atoms with Gasteiger partial charge in [0.15, 0.2) is 0 Å². The molecule has 17 heavy (non-hydrogen) atoms. The third-order valence-electron chi connectivity index (χ3n) is 3.76. The normalized spacial score (nSPS) is 14.8. The number of phenols is 1. The average molecular weight is 298 g/mol. The number of rotatable bonds is 3. The number of phenolic OH excluding ortho intramolecular Hbond substituents is 1. The van der Waals surface area contributed by atoms with E-state index in [0.29, 0.717) is 5.75 Å². The summed E-state index contributed by atoms with van der Waals surface area (Å²) in [4.78, 5) is 0. The van der Waals surface area contributed by atoms with Crippen LogP contribution in [-0.4, -0.2) is 18.7 Å². The molecule has 1 aromatic carbocycles. The molecular weight excluding hydrogens is 278 g/mol. The Kier molecular flexibility index (Phi) is 4.10. The second-order valence-electron chi connectivity index (χ2n) is 4.78. The van der Waals surface area contributed by atoms with Crippen LogP contribution in [0.3, 0.4) is 0 Å². The van der Waals surface area contributed by atoms with Gasteiger partial charge in [-0.25, -0.2) is 0 Å². The lowest BCUT2D eigenvalue weighted by Gasteiger charge is -2.23. The lowest BCUT2D eigenvalue weighted by Crippen LogP contribution is -2.14. The highest BCUT2D eigenvalue weighted by atomic mass is 79.9. The Morgan fingerprint density at radius 2 is 1.88 bits per heavy atom. The smallest absolute Gasteiger partial charge is 0.133 e. The monoisotopic (exact) mass is 297 g/mol. The number of likely N-dealkylation sites (N-methyl/N-ethyl adjacent to an activating group) is 1. The summed E-state index contributed by atoms with van der Waals surface area (Å²) >= 11 is 3.57. The van der Waals surface area contributed by atoms with Crippen LogP contribution in [0.25, 0.3) is 0 Å². The number of hydrogen-bond acceptors (Lipinski definition) is 2. The summed E-state index contributed by atoms with van der Waals surface area (Å²) < 4.78 is 0.934. The Hall–Kier alpha value is -0.540. The van der Waals surface area contributed by atoms with Crippen molar-refractivity contribution in [2.75, 3.05) is 13.6 Å². The van der Waals surface area contributed by atoms with Gasteiger partial charge in [-0.15, -0.1) is 0 Å². The van der Waals surface area contributed by atoms with Crippen molar-refractivity contribution in [3.05, 3.63) is 26.7 Å². The van der Waals surface area contributed by atoms with Gasteiger partial charge in [0.05, 0.1) is 4.47 Å². The fourth-order valence-electron chi connectivity index (χ4n) is 2.75. The zero-order valence-electron chi connectivity index (χ0n) is 10.6. The molecule has 0 saturated carbocycles. The zero-order valence-corrected chi connectivity index (χ0v) is 12.2. The standard InChI is InChI=1S/C14H20BrNO/c1-9-10-5-3-4-6-12(10)13(15)14(17)11(9)7-8-16-2/h16-17H,3-8H2,1-2H3. The summed E-state index contributed by atoms with van der Waals surface area (Å²) in [5.74, 6) is 0.457. The van der Waals surface area contributed by atoms with Crippen LogP contribution in [0.15, 0.2) is 4.47 Å². The molecule has 1 aromatic rings. The molecule has 0 unspecified atom stereocenters. The summed E-state index contributed by atoms with van der Waals surface area (Å²) in [6.45, 7) is 3.06. The molecule has 2 N–H and O–H groups in total. The van der Waals surface area contributed by atoms with Gasteiger partial charge in [-0.3, -0.25) is 0 Å². The highest BCUT2D eigenvalue weighted by molar-refractivity contribution is 9.10. The van der Waals surface area contributed by atoms with E-state index in [1.54, 1.807) is 0 Å². The Labute approximate surface area is 112 Å². The third kappa shape index (κ3) is 2.36. The fourth-order valence-corrected chi connectivity index (χ4v) is 3.43. The van der Waals surface area contributed by atoms with Gasteiger partial charge in [0.1, 0.15) is 5.75 Å². The van der Waals surface area contributed by atoms with E-state index in [2.05, 4.69) is 28.2 Å². The van der Waals surface area contributed by atoms with Gasteiger partial charge < -0.3 is 10.4 Å². The van der Waals surface area contributed by atoms with E-state index in [-0.39, 0.29) is 0 Å². The van der Waals surface area contributed by atoms with Crippen molar-refractivity contribution in [1.29, 1.82) is 0 Å². The van der Waals surface area contributed by atoms with Crippen LogP contribution in [-0.2, 0) is 19.3 Å². The van der Waals surface area contributed by atoms with Crippen molar-refractivity contribution in [1.82, 2.24) is 5.32 Å². The summed E-state index contributed by atoms with van der Waals surface area (Å²) in [6.07, 6.45) is 5.65. The van der Waals surface area contributed by atoms with Gasteiger partial charge in [-0.2, -0.15) is 0 Å². The van der Waals surface area contributed by atoms with Crippen LogP contribution in [0.5, 0.6) is 5.75 Å². The minimum absolute atomic E-state index is 0.457. The van der Waals surface area contributed by atoms with Gasteiger partial charge in [0.2, 0.25) is 0 Å². The van der Waals surface area contributed by atoms with Crippen molar-refractivity contribution < 1.29 is 5.11 Å². The van der Waals surface area contributed by atoms with Crippen molar-refractivity contribution in [3.8, 4) is 5.75 Å². The van der Waals surface area contributed by atoms with Gasteiger partial charge in [-0.05, 0) is 90.8 Å². The third-order valence-corrected chi connectivity index (χ3v) is 4.61. The van der Waals surface area contributed by atoms with Crippen LogP contribution in [0.1, 0.15) is 35.1 Å². The molecule has 0 radical (unpaired) electrons. The van der Waals surface area contributed by atoms with Crippen LogP contribution in [0.2, 0.25) is 0 Å². The molecule has 0 fully saturated rings. The van der Waals surface area contributed by atoms with Gasteiger partial charge >= 0.3 is 0 Å². The molecule has 0 saturated heterocycles. The summed E-state index contributed by atoms with van der Waals surface area (Å²) in [6, 6.07) is 0. The lowest BCUT2D eigenvalue weighted by atomic mass is 9.85. The topological polar surface area (TPSA) is 32.3 Å². The number of benzene rings is 1. The first-order valence-corrected chi connectivity index (χ1v) is 7.12. The van der Waals surface area contributed by atoms with Crippen LogP contribution >= 0.6 is 15.9 Å². The van der Waals surface area contributed by atoms with E-state index >= 15 is 0 Å². The molecule has 0 aliphatic heterocycles. The summed E-state index contributed by atoms with van der Waals surface area (Å²) in [5, 5.41) is 13.4. The highest BCUT2D eigenvalue weighted by Crippen LogP contribution is 2.40. The van der Waals surface area contributed by atoms with E-state index in [9.17, 15) is 5.11 Å². The van der Waals surface area contributed by atoms with Crippen LogP contribution in [0, 0.1) is 6.92 Å². The molecule has 1 aliphatic rings. The van der Waals surface area contributed by atoms with E-state index in [1.165, 1.54) is 29.5 Å². The highest BCUT2D eigenvalue weighted by Gasteiger charge is 2.21. The predicted molar refractivity (Wildman–Crippen MR) is 74.8 cm³/mol. The molecule has 0 atom stereocenters. The zero-order chi connectivity index (χ0) is 12.4. The molecule has 0 amide bonds. The maximum absolute atomic E-state index is 10.3. The molecule has 0 aromatic heterocycles. The summed E-state index contributed by atoms with van der Waals surface area (Å²) in [7, 11) is 1.94. The van der Waals surface area contributed by atoms with E-state index in [0.717, 1.165) is 35.8 Å². The fraction of sp³-hybridized carbons (Fsp3) is 0.571. The molecule has 0 spiro atoms. The average Bonchev–Trinajstić information content (AvgIpc) is 2.36. The van der Waals surface area contributed by atoms with Gasteiger partial charge in [-0.1, -0.05) is 0 Å². The molecule has 94 valence electrons. The van der Waals surface area contributed by atoms with E-state index in [1.807, 2.05) is 7.05 Å². The molecule has 3 heteroatoms. The maximum atomic E-state index is 10.3. The number of fused-ring (bicyclic) bond motifs is 1. The minimum Gasteiger partial charge on any atom is -0.506 e. The first kappa shape index (κ1) is 12.9. The van der Waals surface area contributed by atoms with E-state index in [4.69, 9.17) is 0 Å². The van der Waals surface area contributed by atoms with Crippen molar-refractivity contribution in [2.24, 2.45) is 0 Å².